The van der Waals surface area contributed by atoms with Crippen LogP contribution in [0.5, 0.6) is 0 Å². The molecule has 1 unspecified atom stereocenters. The Morgan fingerprint density at radius 3 is 2.57 bits per heavy atom. The van der Waals surface area contributed by atoms with Crippen molar-refractivity contribution >= 4 is 11.6 Å². The summed E-state index contributed by atoms with van der Waals surface area (Å²) < 4.78 is 2.07. The van der Waals surface area contributed by atoms with Gasteiger partial charge in [-0.25, -0.2) is 4.98 Å². The number of amides is 1. The van der Waals surface area contributed by atoms with Gasteiger partial charge in [-0.15, -0.1) is 0 Å². The Labute approximate surface area is 136 Å². The third-order valence-corrected chi connectivity index (χ3v) is 4.18. The second-order valence-corrected chi connectivity index (χ2v) is 6.25. The van der Waals surface area contributed by atoms with Crippen molar-refractivity contribution in [2.75, 3.05) is 0 Å². The quantitative estimate of drug-likeness (QED) is 0.804. The Balaban J connectivity index is 2.12. The molecule has 0 fully saturated rings. The third-order valence-electron chi connectivity index (χ3n) is 4.18. The van der Waals surface area contributed by atoms with Crippen LogP contribution in [0.4, 0.5) is 0 Å². The summed E-state index contributed by atoms with van der Waals surface area (Å²) in [5, 5.41) is 0. The molecule has 2 N–H and O–H groups in total. The van der Waals surface area contributed by atoms with Crippen LogP contribution in [0, 0.1) is 19.8 Å². The minimum atomic E-state index is -0.286. The van der Waals surface area contributed by atoms with Crippen LogP contribution in [0.25, 0.3) is 16.8 Å². The molecule has 2 heterocycles. The maximum absolute atomic E-state index is 11.3. The fourth-order valence-corrected chi connectivity index (χ4v) is 2.78. The Bertz CT molecular complexity index is 862. The first-order valence-corrected chi connectivity index (χ1v) is 7.78. The summed E-state index contributed by atoms with van der Waals surface area (Å²) in [7, 11) is 0. The number of pyridine rings is 1. The third kappa shape index (κ3) is 2.97. The monoisotopic (exact) mass is 307 g/mol. The van der Waals surface area contributed by atoms with Gasteiger partial charge in [0.15, 0.2) is 0 Å². The number of hydrogen-bond acceptors (Lipinski definition) is 2. The van der Waals surface area contributed by atoms with Gasteiger partial charge in [-0.1, -0.05) is 36.8 Å². The molecule has 2 aromatic heterocycles. The second-order valence-electron chi connectivity index (χ2n) is 6.25. The molecular formula is C19H21N3O. The van der Waals surface area contributed by atoms with Crippen molar-refractivity contribution in [1.29, 1.82) is 0 Å². The minimum Gasteiger partial charge on any atom is -0.369 e. The number of nitrogens with zero attached hydrogens (tertiary/aromatic N) is 2. The number of aryl methyl sites for hydroxylation is 2. The zero-order chi connectivity index (χ0) is 16.6. The molecule has 4 nitrogen and oxygen atoms in total. The lowest BCUT2D eigenvalue weighted by molar-refractivity contribution is -0.121. The zero-order valence-electron chi connectivity index (χ0n) is 13.7. The molecule has 23 heavy (non-hydrogen) atoms. The summed E-state index contributed by atoms with van der Waals surface area (Å²) in [6, 6.07) is 10.6. The van der Waals surface area contributed by atoms with Crippen molar-refractivity contribution in [2.45, 2.75) is 27.2 Å². The van der Waals surface area contributed by atoms with E-state index in [-0.39, 0.29) is 11.8 Å². The summed E-state index contributed by atoms with van der Waals surface area (Å²) in [5.74, 6) is -0.496. The van der Waals surface area contributed by atoms with E-state index in [9.17, 15) is 4.79 Å². The minimum absolute atomic E-state index is 0.210. The Morgan fingerprint density at radius 2 is 1.91 bits per heavy atom. The van der Waals surface area contributed by atoms with Crippen LogP contribution in [-0.2, 0) is 11.2 Å². The van der Waals surface area contributed by atoms with Gasteiger partial charge in [0, 0.05) is 36.0 Å². The average molecular weight is 307 g/mol. The first kappa shape index (κ1) is 15.3. The lowest BCUT2D eigenvalue weighted by Gasteiger charge is -2.10. The van der Waals surface area contributed by atoms with Crippen molar-refractivity contribution < 1.29 is 4.79 Å². The average Bonchev–Trinajstić information content (AvgIpc) is 2.90. The highest BCUT2D eigenvalue weighted by Crippen LogP contribution is 2.27. The van der Waals surface area contributed by atoms with Gasteiger partial charge in [0.2, 0.25) is 5.91 Å². The van der Waals surface area contributed by atoms with E-state index in [4.69, 9.17) is 5.73 Å². The van der Waals surface area contributed by atoms with Crippen LogP contribution in [0.1, 0.15) is 23.7 Å². The summed E-state index contributed by atoms with van der Waals surface area (Å²) >= 11 is 0. The molecule has 0 aliphatic rings. The number of carbonyl (C=O) groups excluding carboxylic acids is 1. The number of rotatable bonds is 4. The highest BCUT2D eigenvalue weighted by molar-refractivity contribution is 5.79. The molecule has 0 radical (unpaired) electrons. The Hall–Kier alpha value is -2.62. The van der Waals surface area contributed by atoms with Crippen molar-refractivity contribution in [3.63, 3.8) is 0 Å². The first-order valence-electron chi connectivity index (χ1n) is 7.78. The lowest BCUT2D eigenvalue weighted by Crippen LogP contribution is -2.22. The van der Waals surface area contributed by atoms with E-state index in [0.717, 1.165) is 28.0 Å². The van der Waals surface area contributed by atoms with Gasteiger partial charge < -0.3 is 10.1 Å². The standard InChI is InChI=1S/C19H21N3O/c1-12-4-6-15(7-5-12)17-8-13(2)11-22-16(10-21-19(17)22)9-14(3)18(20)23/h4-8,10-11,14H,9H2,1-3H3,(H2,20,23). The van der Waals surface area contributed by atoms with Crippen LogP contribution in [0.2, 0.25) is 0 Å². The molecule has 3 rings (SSSR count). The number of primary amides is 1. The van der Waals surface area contributed by atoms with E-state index in [1.54, 1.807) is 0 Å². The number of aromatic nitrogens is 2. The second kappa shape index (κ2) is 5.88. The van der Waals surface area contributed by atoms with Crippen LogP contribution < -0.4 is 5.73 Å². The molecule has 0 aliphatic carbocycles. The predicted octanol–water partition coefficient (Wildman–Crippen LogP) is 3.28. The molecule has 1 atom stereocenters. The van der Waals surface area contributed by atoms with Crippen molar-refractivity contribution in [3.8, 4) is 11.1 Å². The maximum atomic E-state index is 11.3. The first-order chi connectivity index (χ1) is 11.0. The SMILES string of the molecule is Cc1ccc(-c2cc(C)cn3c(CC(C)C(N)=O)cnc23)cc1. The van der Waals surface area contributed by atoms with Crippen LogP contribution in [-0.4, -0.2) is 15.3 Å². The summed E-state index contributed by atoms with van der Waals surface area (Å²) in [6.07, 6.45) is 4.49. The van der Waals surface area contributed by atoms with Crippen molar-refractivity contribution in [3.05, 3.63) is 59.5 Å². The van der Waals surface area contributed by atoms with E-state index in [2.05, 4.69) is 59.8 Å². The molecule has 0 saturated heterocycles. The molecule has 0 saturated carbocycles. The smallest absolute Gasteiger partial charge is 0.220 e. The molecule has 1 amide bonds. The molecule has 118 valence electrons. The number of nitrogens with two attached hydrogens (primary N) is 1. The van der Waals surface area contributed by atoms with Gasteiger partial charge in [-0.2, -0.15) is 0 Å². The van der Waals surface area contributed by atoms with E-state index in [0.29, 0.717) is 6.42 Å². The Morgan fingerprint density at radius 1 is 1.22 bits per heavy atom. The van der Waals surface area contributed by atoms with Gasteiger partial charge in [-0.3, -0.25) is 4.79 Å². The molecule has 0 spiro atoms. The summed E-state index contributed by atoms with van der Waals surface area (Å²) in [5.41, 5.74) is 11.9. The molecule has 0 aliphatic heterocycles. The number of hydrogen-bond donors (Lipinski definition) is 1. The van der Waals surface area contributed by atoms with Gasteiger partial charge >= 0.3 is 0 Å². The van der Waals surface area contributed by atoms with Gasteiger partial charge in [0.25, 0.3) is 0 Å². The highest BCUT2D eigenvalue weighted by Gasteiger charge is 2.15. The van der Waals surface area contributed by atoms with Gasteiger partial charge in [0.05, 0.1) is 0 Å². The van der Waals surface area contributed by atoms with E-state index >= 15 is 0 Å². The van der Waals surface area contributed by atoms with E-state index in [1.807, 2.05) is 13.1 Å². The van der Waals surface area contributed by atoms with Crippen LogP contribution >= 0.6 is 0 Å². The fraction of sp³-hybridized carbons (Fsp3) is 0.263. The highest BCUT2D eigenvalue weighted by atomic mass is 16.1. The summed E-state index contributed by atoms with van der Waals surface area (Å²) in [4.78, 5) is 15.9. The molecule has 0 bridgehead atoms. The van der Waals surface area contributed by atoms with E-state index in [1.165, 1.54) is 5.56 Å². The molecule has 3 aromatic rings. The molecule has 1 aromatic carbocycles. The van der Waals surface area contributed by atoms with Crippen molar-refractivity contribution in [2.24, 2.45) is 11.7 Å². The van der Waals surface area contributed by atoms with Crippen molar-refractivity contribution in [1.82, 2.24) is 9.38 Å². The lowest BCUT2D eigenvalue weighted by atomic mass is 10.0. The number of carbonyl (C=O) groups is 1. The topological polar surface area (TPSA) is 60.4 Å². The number of benzene rings is 1. The molecular weight excluding hydrogens is 286 g/mol. The van der Waals surface area contributed by atoms with Crippen LogP contribution in [0.3, 0.4) is 0 Å². The molecule has 4 heteroatoms. The van der Waals surface area contributed by atoms with Gasteiger partial charge in [0.1, 0.15) is 5.65 Å². The predicted molar refractivity (Wildman–Crippen MR) is 92.2 cm³/mol. The van der Waals surface area contributed by atoms with E-state index < -0.39 is 0 Å². The number of imidazole rings is 1. The Kier molecular flexibility index (Phi) is 3.90. The largest absolute Gasteiger partial charge is 0.369 e. The number of fused-ring (bicyclic) bond motifs is 1. The summed E-state index contributed by atoms with van der Waals surface area (Å²) in [6.45, 7) is 5.99. The van der Waals surface area contributed by atoms with Crippen LogP contribution in [0.15, 0.2) is 42.7 Å². The van der Waals surface area contributed by atoms with Gasteiger partial charge in [-0.05, 0) is 31.0 Å². The maximum Gasteiger partial charge on any atom is 0.220 e. The fourth-order valence-electron chi connectivity index (χ4n) is 2.78. The zero-order valence-corrected chi connectivity index (χ0v) is 13.7. The normalized spacial score (nSPS) is 12.5.